The Balaban J connectivity index is 1.42. The van der Waals surface area contributed by atoms with E-state index < -0.39 is 6.10 Å². The first-order chi connectivity index (χ1) is 13.0. The molecule has 0 spiro atoms. The molecular formula is C20H20FN3O3. The Hall–Kier alpha value is -3.22. The Bertz CT molecular complexity index is 865. The maximum Gasteiger partial charge on any atom is 0.264 e. The third kappa shape index (κ3) is 4.91. The van der Waals surface area contributed by atoms with E-state index in [0.29, 0.717) is 12.1 Å². The molecule has 2 N–H and O–H groups in total. The minimum absolute atomic E-state index is 0.0986. The highest BCUT2D eigenvalue weighted by molar-refractivity contribution is 6.05. The Morgan fingerprint density at radius 1 is 1.19 bits per heavy atom. The molecule has 3 rings (SSSR count). The number of rotatable bonds is 6. The van der Waals surface area contributed by atoms with Gasteiger partial charge in [-0.2, -0.15) is 0 Å². The number of hydrogen-bond acceptors (Lipinski definition) is 4. The Kier molecular flexibility index (Phi) is 5.80. The van der Waals surface area contributed by atoms with Gasteiger partial charge in [-0.1, -0.05) is 29.4 Å². The van der Waals surface area contributed by atoms with Crippen LogP contribution in [0.1, 0.15) is 24.0 Å². The number of benzene rings is 2. The normalized spacial score (nSPS) is 15.6. The van der Waals surface area contributed by atoms with Crippen molar-refractivity contribution >= 4 is 23.2 Å². The summed E-state index contributed by atoms with van der Waals surface area (Å²) >= 11 is 0. The molecule has 0 fully saturated rings. The van der Waals surface area contributed by atoms with Gasteiger partial charge in [0.1, 0.15) is 5.82 Å². The monoisotopic (exact) mass is 369 g/mol. The molecule has 140 valence electrons. The lowest BCUT2D eigenvalue weighted by Crippen LogP contribution is -2.36. The number of hydrogen-bond donors (Lipinski definition) is 2. The van der Waals surface area contributed by atoms with Gasteiger partial charge in [0.25, 0.3) is 5.91 Å². The zero-order chi connectivity index (χ0) is 19.2. The number of carbonyl (C=O) groups is 2. The standard InChI is InChI=1S/C20H20FN3O3/c1-13-4-2-3-5-16(13)17-12-18(27-24-17)20(26)22-11-10-19(25)23-15-8-6-14(21)7-9-15/h2-9,18H,10-12H2,1H3,(H,22,26)(H,23,25)/t18-/m1/s1. The van der Waals surface area contributed by atoms with Crippen molar-refractivity contribution in [3.05, 3.63) is 65.5 Å². The molecule has 0 bridgehead atoms. The van der Waals surface area contributed by atoms with E-state index >= 15 is 0 Å². The predicted octanol–water partition coefficient (Wildman–Crippen LogP) is 2.77. The summed E-state index contributed by atoms with van der Waals surface area (Å²) in [6, 6.07) is 13.3. The fourth-order valence-electron chi connectivity index (χ4n) is 2.74. The number of oxime groups is 1. The van der Waals surface area contributed by atoms with Crippen LogP contribution >= 0.6 is 0 Å². The highest BCUT2D eigenvalue weighted by atomic mass is 19.1. The zero-order valence-electron chi connectivity index (χ0n) is 14.9. The summed E-state index contributed by atoms with van der Waals surface area (Å²) in [5.41, 5.74) is 3.27. The molecule has 0 saturated heterocycles. The van der Waals surface area contributed by atoms with Gasteiger partial charge in [-0.25, -0.2) is 4.39 Å². The van der Waals surface area contributed by atoms with Crippen molar-refractivity contribution in [1.82, 2.24) is 5.32 Å². The van der Waals surface area contributed by atoms with Crippen LogP contribution < -0.4 is 10.6 Å². The van der Waals surface area contributed by atoms with Gasteiger partial charge in [-0.15, -0.1) is 0 Å². The molecule has 0 aromatic heterocycles. The summed E-state index contributed by atoms with van der Waals surface area (Å²) in [6.45, 7) is 2.15. The van der Waals surface area contributed by atoms with Crippen LogP contribution in [0.3, 0.4) is 0 Å². The van der Waals surface area contributed by atoms with Crippen LogP contribution in [0, 0.1) is 12.7 Å². The average molecular weight is 369 g/mol. The number of carbonyl (C=O) groups excluding carboxylic acids is 2. The van der Waals surface area contributed by atoms with Crippen LogP contribution in [0.2, 0.25) is 0 Å². The van der Waals surface area contributed by atoms with Crippen LogP contribution in [0.15, 0.2) is 53.7 Å². The van der Waals surface area contributed by atoms with Crippen molar-refractivity contribution in [1.29, 1.82) is 0 Å². The maximum absolute atomic E-state index is 12.8. The molecule has 1 heterocycles. The molecule has 2 aromatic rings. The Morgan fingerprint density at radius 2 is 1.93 bits per heavy atom. The zero-order valence-corrected chi connectivity index (χ0v) is 14.9. The maximum atomic E-state index is 12.8. The van der Waals surface area contributed by atoms with E-state index in [9.17, 15) is 14.0 Å². The first-order valence-electron chi connectivity index (χ1n) is 8.65. The molecule has 2 amide bonds. The minimum atomic E-state index is -0.695. The van der Waals surface area contributed by atoms with E-state index in [1.165, 1.54) is 24.3 Å². The van der Waals surface area contributed by atoms with E-state index in [2.05, 4.69) is 15.8 Å². The van der Waals surface area contributed by atoms with Crippen molar-refractivity contribution < 1.29 is 18.8 Å². The highest BCUT2D eigenvalue weighted by Gasteiger charge is 2.29. The molecule has 7 heteroatoms. The van der Waals surface area contributed by atoms with Gasteiger partial charge in [0.15, 0.2) is 0 Å². The lowest BCUT2D eigenvalue weighted by Gasteiger charge is -2.10. The first-order valence-corrected chi connectivity index (χ1v) is 8.65. The fraction of sp³-hybridized carbons (Fsp3) is 0.250. The van der Waals surface area contributed by atoms with Crippen LogP contribution in [-0.4, -0.2) is 30.2 Å². The predicted molar refractivity (Wildman–Crippen MR) is 99.9 cm³/mol. The second-order valence-corrected chi connectivity index (χ2v) is 6.25. The summed E-state index contributed by atoms with van der Waals surface area (Å²) in [4.78, 5) is 29.3. The molecule has 2 aromatic carbocycles. The number of anilines is 1. The Labute approximate surface area is 156 Å². The second kappa shape index (κ2) is 8.44. The molecule has 1 aliphatic heterocycles. The van der Waals surface area contributed by atoms with Crippen LogP contribution in [-0.2, 0) is 14.4 Å². The topological polar surface area (TPSA) is 79.8 Å². The van der Waals surface area contributed by atoms with E-state index in [1.54, 1.807) is 0 Å². The quantitative estimate of drug-likeness (QED) is 0.822. The first kappa shape index (κ1) is 18.6. The van der Waals surface area contributed by atoms with Crippen molar-refractivity contribution in [2.45, 2.75) is 25.9 Å². The third-order valence-corrected chi connectivity index (χ3v) is 4.20. The molecular weight excluding hydrogens is 349 g/mol. The summed E-state index contributed by atoms with van der Waals surface area (Å²) < 4.78 is 12.8. The van der Waals surface area contributed by atoms with E-state index in [-0.39, 0.29) is 30.6 Å². The number of aryl methyl sites for hydroxylation is 1. The fourth-order valence-corrected chi connectivity index (χ4v) is 2.74. The molecule has 1 atom stereocenters. The van der Waals surface area contributed by atoms with Crippen molar-refractivity contribution in [2.24, 2.45) is 5.16 Å². The summed E-state index contributed by atoms with van der Waals surface area (Å²) in [6.07, 6.45) is -0.209. The van der Waals surface area contributed by atoms with Crippen molar-refractivity contribution in [2.75, 3.05) is 11.9 Å². The Morgan fingerprint density at radius 3 is 2.67 bits per heavy atom. The molecule has 0 saturated carbocycles. The van der Waals surface area contributed by atoms with Crippen LogP contribution in [0.25, 0.3) is 0 Å². The lowest BCUT2D eigenvalue weighted by molar-refractivity contribution is -0.131. The van der Waals surface area contributed by atoms with Gasteiger partial charge >= 0.3 is 0 Å². The number of amides is 2. The van der Waals surface area contributed by atoms with Crippen LogP contribution in [0.4, 0.5) is 10.1 Å². The number of nitrogens with one attached hydrogen (secondary N) is 2. The molecule has 1 aliphatic rings. The van der Waals surface area contributed by atoms with E-state index in [4.69, 9.17) is 4.84 Å². The van der Waals surface area contributed by atoms with E-state index in [1.807, 2.05) is 31.2 Å². The summed E-state index contributed by atoms with van der Waals surface area (Å²) in [5.74, 6) is -0.952. The number of halogens is 1. The van der Waals surface area contributed by atoms with Crippen molar-refractivity contribution in [3.8, 4) is 0 Å². The van der Waals surface area contributed by atoms with Gasteiger partial charge in [-0.3, -0.25) is 9.59 Å². The van der Waals surface area contributed by atoms with Crippen LogP contribution in [0.5, 0.6) is 0 Å². The number of nitrogens with zero attached hydrogens (tertiary/aromatic N) is 1. The molecule has 27 heavy (non-hydrogen) atoms. The smallest absolute Gasteiger partial charge is 0.264 e. The third-order valence-electron chi connectivity index (χ3n) is 4.20. The molecule has 6 nitrogen and oxygen atoms in total. The lowest BCUT2D eigenvalue weighted by atomic mass is 10.0. The SMILES string of the molecule is Cc1ccccc1C1=NO[C@@H](C(=O)NCCC(=O)Nc2ccc(F)cc2)C1. The van der Waals surface area contributed by atoms with Gasteiger partial charge < -0.3 is 15.5 Å². The van der Waals surface area contributed by atoms with Gasteiger partial charge in [0, 0.05) is 30.6 Å². The second-order valence-electron chi connectivity index (χ2n) is 6.25. The van der Waals surface area contributed by atoms with Gasteiger partial charge in [0.2, 0.25) is 12.0 Å². The van der Waals surface area contributed by atoms with Gasteiger partial charge in [-0.05, 0) is 36.8 Å². The molecule has 0 unspecified atom stereocenters. The van der Waals surface area contributed by atoms with E-state index in [0.717, 1.165) is 16.8 Å². The largest absolute Gasteiger partial charge is 0.382 e. The average Bonchev–Trinajstić information content (AvgIpc) is 3.14. The van der Waals surface area contributed by atoms with Crippen molar-refractivity contribution in [3.63, 3.8) is 0 Å². The molecule has 0 aliphatic carbocycles. The minimum Gasteiger partial charge on any atom is -0.382 e. The molecule has 0 radical (unpaired) electrons. The van der Waals surface area contributed by atoms with Gasteiger partial charge in [0.05, 0.1) is 5.71 Å². The summed E-state index contributed by atoms with van der Waals surface area (Å²) in [7, 11) is 0. The summed E-state index contributed by atoms with van der Waals surface area (Å²) in [5, 5.41) is 9.34. The highest BCUT2D eigenvalue weighted by Crippen LogP contribution is 2.19.